The molecule has 24 nitrogen and oxygen atoms in total. The first-order valence-electron chi connectivity index (χ1n) is 37.3. The van der Waals surface area contributed by atoms with E-state index < -0.39 is 167 Å². The van der Waals surface area contributed by atoms with Crippen molar-refractivity contribution < 1.29 is 70.7 Å². The van der Waals surface area contributed by atoms with Gasteiger partial charge in [-0.05, 0) is 146 Å². The summed E-state index contributed by atoms with van der Waals surface area (Å²) >= 11 is 6.41. The molecule has 4 saturated heterocycles. The van der Waals surface area contributed by atoms with Crippen molar-refractivity contribution in [1.29, 1.82) is 0 Å². The molecular weight excluding hydrogens is 1320 g/mol. The zero-order valence-electron chi connectivity index (χ0n) is 61.1. The highest BCUT2D eigenvalue weighted by Crippen LogP contribution is 2.44. The lowest BCUT2D eigenvalue weighted by molar-refractivity contribution is -0.182. The number of nitrogens with zero attached hydrogens (tertiary/aromatic N) is 9. The van der Waals surface area contributed by atoms with Crippen molar-refractivity contribution in [1.82, 2.24) is 60.0 Å². The van der Waals surface area contributed by atoms with Crippen LogP contribution in [0.25, 0.3) is 0 Å². The third kappa shape index (κ3) is 18.4. The molecule has 0 radical (unpaired) electrons. The van der Waals surface area contributed by atoms with Gasteiger partial charge in [0.2, 0.25) is 70.9 Å². The first kappa shape index (κ1) is 79.4. The van der Waals surface area contributed by atoms with Gasteiger partial charge in [0.1, 0.15) is 59.9 Å². The Bertz CT molecular complexity index is 2970. The quantitative estimate of drug-likeness (QED) is 0.218. The fourth-order valence-corrected chi connectivity index (χ4v) is 17.5. The van der Waals surface area contributed by atoms with E-state index in [0.29, 0.717) is 58.0 Å². The molecule has 3 N–H and O–H groups in total. The Kier molecular flexibility index (Phi) is 27.3. The summed E-state index contributed by atoms with van der Waals surface area (Å²) in [5, 5.41) is 7.67. The van der Waals surface area contributed by atoms with Gasteiger partial charge in [-0.15, -0.1) is 11.6 Å². The molecule has 4 aliphatic carbocycles. The van der Waals surface area contributed by atoms with Gasteiger partial charge in [0.15, 0.2) is 0 Å². The summed E-state index contributed by atoms with van der Waals surface area (Å²) in [6, 6.07) is -10.6. The van der Waals surface area contributed by atoms with Crippen molar-refractivity contribution in [3.05, 3.63) is 0 Å². The summed E-state index contributed by atoms with van der Waals surface area (Å²) in [6.45, 7) is 9.22. The number of hydrogen-bond donors (Lipinski definition) is 3. The monoisotopic (exact) mass is 1430 g/mol. The van der Waals surface area contributed by atoms with Crippen LogP contribution in [0.2, 0.25) is 0 Å². The second-order valence-corrected chi connectivity index (χ2v) is 31.9. The number of carbonyl (C=O) groups excluding carboxylic acids is 12. The van der Waals surface area contributed by atoms with Gasteiger partial charge in [-0.1, -0.05) is 79.1 Å². The van der Waals surface area contributed by atoms with E-state index in [-0.39, 0.29) is 107 Å². The molecule has 8 rings (SSSR count). The van der Waals surface area contributed by atoms with E-state index in [1.807, 2.05) is 13.8 Å². The van der Waals surface area contributed by atoms with Crippen LogP contribution in [0, 0.1) is 35.5 Å². The number of likely N-dealkylation sites (N-methyl/N-ethyl adjacent to an activating group) is 6. The molecule has 0 aromatic heterocycles. The first-order chi connectivity index (χ1) is 47.2. The van der Waals surface area contributed by atoms with E-state index in [1.54, 1.807) is 25.7 Å². The zero-order chi connectivity index (χ0) is 73.4. The minimum atomic E-state index is -4.51. The van der Waals surface area contributed by atoms with Gasteiger partial charge in [0, 0.05) is 73.8 Å². The van der Waals surface area contributed by atoms with Crippen LogP contribution in [0.3, 0.4) is 0 Å². The highest BCUT2D eigenvalue weighted by molar-refractivity contribution is 6.21. The minimum Gasteiger partial charge on any atom is -0.343 e. The van der Waals surface area contributed by atoms with Crippen molar-refractivity contribution in [2.45, 2.75) is 273 Å². The van der Waals surface area contributed by atoms with E-state index in [9.17, 15) is 41.9 Å². The van der Waals surface area contributed by atoms with E-state index in [2.05, 4.69) is 16.0 Å². The summed E-state index contributed by atoms with van der Waals surface area (Å²) in [4.78, 5) is 192. The standard InChI is InChI=1S/C72H114ClF3N12O12/c1-43(2)38-54-61(91)78-59(48-24-20-25-48)68(98)81(7)45(5)63(93)88-37-31-53(88)66(96)83(9)55(40-46-22-14-12-15-23-46)65(95)80(6)42-57(89)77-51(30-28-47-27-29-49(50(73)39-47)72(74,75)76)64(94)87-36-21-26-52(87)62(92)79-71(32-16-17-33-71)70(100)85(11)60(44(3)4)69(99)84(10)56(41-58(90)82(54)8)67(97)86-34-18-13-19-35-86/h43-56,59-60H,12-42H2,1-11H3,(H,77,89)(H,78,91)(H,79,92)/t45-,47?,49?,50?,51-,52-,53-,54-,55-,56-,59-,60-/m0/s1. The molecule has 28 heteroatoms. The number of nitrogens with one attached hydrogen (secondary N) is 3. The first-order valence-corrected chi connectivity index (χ1v) is 37.7. The largest absolute Gasteiger partial charge is 0.393 e. The Labute approximate surface area is 594 Å². The number of piperidine rings is 1. The molecule has 8 aliphatic rings. The molecule has 12 amide bonds. The number of hydrogen-bond acceptors (Lipinski definition) is 12. The van der Waals surface area contributed by atoms with Crippen molar-refractivity contribution in [2.75, 3.05) is 75.0 Å². The highest BCUT2D eigenvalue weighted by atomic mass is 35.5. The zero-order valence-corrected chi connectivity index (χ0v) is 61.8. The molecule has 4 aliphatic heterocycles. The van der Waals surface area contributed by atoms with Gasteiger partial charge in [0.05, 0.1) is 18.9 Å². The predicted octanol–water partition coefficient (Wildman–Crippen LogP) is 5.85. The van der Waals surface area contributed by atoms with Gasteiger partial charge in [-0.2, -0.15) is 13.2 Å². The Morgan fingerprint density at radius 3 is 1.80 bits per heavy atom. The average Bonchev–Trinajstić information content (AvgIpc) is 1.29. The van der Waals surface area contributed by atoms with Crippen LogP contribution in [0.1, 0.15) is 202 Å². The molecule has 3 unspecified atom stereocenters. The van der Waals surface area contributed by atoms with Crippen LogP contribution in [-0.2, 0) is 57.5 Å². The molecular formula is C72H114ClF3N12O12. The van der Waals surface area contributed by atoms with Crippen LogP contribution < -0.4 is 16.0 Å². The van der Waals surface area contributed by atoms with Crippen molar-refractivity contribution >= 4 is 82.5 Å². The molecule has 4 heterocycles. The van der Waals surface area contributed by atoms with Crippen LogP contribution in [0.15, 0.2) is 0 Å². The molecule has 1 spiro atoms. The number of amides is 12. The summed E-state index contributed by atoms with van der Waals surface area (Å²) < 4.78 is 42.0. The molecule has 0 bridgehead atoms. The summed E-state index contributed by atoms with van der Waals surface area (Å²) in [5.41, 5.74) is -1.56. The minimum absolute atomic E-state index is 0.00302. The van der Waals surface area contributed by atoms with Crippen molar-refractivity contribution in [2.24, 2.45) is 35.5 Å². The van der Waals surface area contributed by atoms with E-state index >= 15 is 28.8 Å². The Morgan fingerprint density at radius 1 is 0.580 bits per heavy atom. The van der Waals surface area contributed by atoms with Crippen LogP contribution in [0.5, 0.6) is 0 Å². The second-order valence-electron chi connectivity index (χ2n) is 31.4. The lowest BCUT2D eigenvalue weighted by Gasteiger charge is -2.45. The van der Waals surface area contributed by atoms with Crippen LogP contribution >= 0.6 is 11.6 Å². The smallest absolute Gasteiger partial charge is 0.343 e. The number of carbonyl (C=O) groups is 12. The molecule has 100 heavy (non-hydrogen) atoms. The molecule has 8 fully saturated rings. The highest BCUT2D eigenvalue weighted by Gasteiger charge is 2.53. The van der Waals surface area contributed by atoms with E-state index in [0.717, 1.165) is 44.9 Å². The van der Waals surface area contributed by atoms with E-state index in [1.165, 1.54) is 81.5 Å². The number of alkyl halides is 4. The van der Waals surface area contributed by atoms with E-state index in [4.69, 9.17) is 11.6 Å². The normalized spacial score (nSPS) is 31.5. The maximum absolute atomic E-state index is 15.5. The summed E-state index contributed by atoms with van der Waals surface area (Å²) in [6.07, 6.45) is 6.25. The predicted molar refractivity (Wildman–Crippen MR) is 368 cm³/mol. The van der Waals surface area contributed by atoms with Gasteiger partial charge < -0.3 is 60.0 Å². The summed E-state index contributed by atoms with van der Waals surface area (Å²) in [7, 11) is 8.74. The molecule has 4 saturated carbocycles. The van der Waals surface area contributed by atoms with Crippen molar-refractivity contribution in [3.63, 3.8) is 0 Å². The van der Waals surface area contributed by atoms with Crippen LogP contribution in [0.4, 0.5) is 13.2 Å². The Morgan fingerprint density at radius 2 is 1.22 bits per heavy atom. The lowest BCUT2D eigenvalue weighted by Crippen LogP contribution is -2.65. The average molecular weight is 1430 g/mol. The molecule has 0 aromatic carbocycles. The Balaban J connectivity index is 1.15. The second kappa shape index (κ2) is 34.3. The van der Waals surface area contributed by atoms with Crippen molar-refractivity contribution in [3.8, 4) is 0 Å². The van der Waals surface area contributed by atoms with Crippen LogP contribution in [-0.4, -0.2) is 261 Å². The fourth-order valence-electron chi connectivity index (χ4n) is 17.0. The fraction of sp³-hybridized carbons (Fsp3) is 0.833. The van der Waals surface area contributed by atoms with Gasteiger partial charge in [-0.25, -0.2) is 0 Å². The third-order valence-corrected chi connectivity index (χ3v) is 24.2. The lowest BCUT2D eigenvalue weighted by atomic mass is 9.78. The van der Waals surface area contributed by atoms with Gasteiger partial charge in [0.25, 0.3) is 0 Å². The molecule has 0 aromatic rings. The van der Waals surface area contributed by atoms with Gasteiger partial charge in [-0.3, -0.25) is 57.5 Å². The Hall–Kier alpha value is -6.28. The molecule has 12 atom stereocenters. The third-order valence-electron chi connectivity index (χ3n) is 23.7. The SMILES string of the molecule is CC(C)C[C@H]1C(=O)N[C@@H](C2CCC2)C(=O)N(C)[C@@H](C)C(=O)N2CC[C@H]2C(=O)N(C)[C@@H](CC2CCCCC2)C(=O)N(C)CC(=O)N[C@@H](CCC2CCC(C(F)(F)F)C(Cl)C2)C(=O)N2CCC[C@H]2C(=O)NC2(CCCC2)C(=O)N(C)[C@@H](C(C)C)C(=O)N(C)[C@H](C(=O)N2CCCCC2)CC(=O)N1C. The number of likely N-dealkylation sites (tertiary alicyclic amines) is 1. The van der Waals surface area contributed by atoms with Gasteiger partial charge >= 0.3 is 6.18 Å². The number of fused-ring (bicyclic) bond motifs is 2. The number of rotatable bonds is 10. The molecule has 562 valence electrons. The maximum Gasteiger partial charge on any atom is 0.393 e. The summed E-state index contributed by atoms with van der Waals surface area (Å²) in [5.74, 6) is -10.3. The topological polar surface area (TPSA) is 270 Å². The maximum atomic E-state index is 15.5. The number of halogens is 4.